The second-order valence-corrected chi connectivity index (χ2v) is 5.43. The van der Waals surface area contributed by atoms with Gasteiger partial charge in [-0.2, -0.15) is 0 Å². The van der Waals surface area contributed by atoms with Crippen LogP contribution < -0.4 is 5.73 Å². The van der Waals surface area contributed by atoms with Crippen molar-refractivity contribution in [2.45, 2.75) is 44.3 Å². The summed E-state index contributed by atoms with van der Waals surface area (Å²) in [6, 6.07) is 9.18. The summed E-state index contributed by atoms with van der Waals surface area (Å²) in [5, 5.41) is 0.846. The Morgan fingerprint density at radius 2 is 2.06 bits per heavy atom. The van der Waals surface area contributed by atoms with E-state index in [-0.39, 0.29) is 0 Å². The van der Waals surface area contributed by atoms with E-state index in [0.717, 1.165) is 11.4 Å². The predicted octanol–water partition coefficient (Wildman–Crippen LogP) is 3.21. The molecule has 2 N–H and O–H groups in total. The van der Waals surface area contributed by atoms with Crippen LogP contribution in [0.3, 0.4) is 0 Å². The molecule has 94 valence electrons. The molecule has 0 aliphatic heterocycles. The highest BCUT2D eigenvalue weighted by Crippen LogP contribution is 2.31. The monoisotopic (exact) mass is 252 g/mol. The van der Waals surface area contributed by atoms with Gasteiger partial charge in [0.1, 0.15) is 0 Å². The molecule has 1 aromatic carbocycles. The molecule has 0 aromatic heterocycles. The first-order valence-corrected chi connectivity index (χ1v) is 6.71. The van der Waals surface area contributed by atoms with Crippen LogP contribution in [-0.2, 0) is 0 Å². The predicted molar refractivity (Wildman–Crippen MR) is 73.2 cm³/mol. The quantitative estimate of drug-likeness (QED) is 0.895. The molecule has 0 radical (unpaired) electrons. The van der Waals surface area contributed by atoms with Gasteiger partial charge in [0, 0.05) is 23.1 Å². The zero-order valence-electron chi connectivity index (χ0n) is 10.6. The molecule has 2 nitrogen and oxygen atoms in total. The van der Waals surface area contributed by atoms with Crippen LogP contribution >= 0.6 is 11.6 Å². The average Bonchev–Trinajstić information content (AvgIpc) is 2.74. The van der Waals surface area contributed by atoms with E-state index >= 15 is 0 Å². The van der Waals surface area contributed by atoms with Gasteiger partial charge < -0.3 is 5.73 Å². The van der Waals surface area contributed by atoms with Crippen molar-refractivity contribution < 1.29 is 0 Å². The maximum atomic E-state index is 6.25. The van der Waals surface area contributed by atoms with E-state index in [4.69, 9.17) is 17.3 Å². The van der Waals surface area contributed by atoms with Gasteiger partial charge in [-0.05, 0) is 38.4 Å². The molecule has 1 aromatic rings. The molecule has 0 bridgehead atoms. The van der Waals surface area contributed by atoms with Gasteiger partial charge in [0.05, 0.1) is 0 Å². The fraction of sp³-hybridized carbons (Fsp3) is 0.571. The summed E-state index contributed by atoms with van der Waals surface area (Å²) in [7, 11) is 2.16. The minimum Gasteiger partial charge on any atom is -0.326 e. The van der Waals surface area contributed by atoms with Gasteiger partial charge in [-0.1, -0.05) is 36.2 Å². The second kappa shape index (κ2) is 5.38. The average molecular weight is 253 g/mol. The number of halogens is 1. The van der Waals surface area contributed by atoms with Crippen LogP contribution in [0.4, 0.5) is 0 Å². The topological polar surface area (TPSA) is 29.3 Å². The third-order valence-electron chi connectivity index (χ3n) is 4.02. The lowest BCUT2D eigenvalue weighted by Crippen LogP contribution is -2.43. The van der Waals surface area contributed by atoms with E-state index in [1.54, 1.807) is 0 Å². The number of likely N-dealkylation sites (N-methyl/N-ethyl adjacent to an activating group) is 1. The van der Waals surface area contributed by atoms with Gasteiger partial charge in [0.2, 0.25) is 0 Å². The summed E-state index contributed by atoms with van der Waals surface area (Å²) in [6.07, 6.45) is 3.59. The van der Waals surface area contributed by atoms with Crippen LogP contribution in [0.25, 0.3) is 0 Å². The summed E-state index contributed by atoms with van der Waals surface area (Å²) >= 11 is 6.25. The Labute approximate surface area is 109 Å². The molecule has 2 rings (SSSR count). The normalized spacial score (nSPS) is 26.4. The maximum absolute atomic E-state index is 6.25. The third kappa shape index (κ3) is 2.65. The van der Waals surface area contributed by atoms with Crippen LogP contribution in [0.15, 0.2) is 24.3 Å². The van der Waals surface area contributed by atoms with Crippen LogP contribution in [0, 0.1) is 0 Å². The fourth-order valence-electron chi connectivity index (χ4n) is 2.80. The minimum absolute atomic E-state index is 0.310. The van der Waals surface area contributed by atoms with Crippen molar-refractivity contribution in [2.75, 3.05) is 7.05 Å². The molecule has 1 fully saturated rings. The fourth-order valence-corrected chi connectivity index (χ4v) is 3.09. The summed E-state index contributed by atoms with van der Waals surface area (Å²) in [4.78, 5) is 2.37. The van der Waals surface area contributed by atoms with E-state index in [1.165, 1.54) is 18.4 Å². The Hall–Kier alpha value is -0.570. The number of nitrogens with two attached hydrogens (primary N) is 1. The van der Waals surface area contributed by atoms with E-state index < -0.39 is 0 Å². The second-order valence-electron chi connectivity index (χ2n) is 5.03. The Morgan fingerprint density at radius 1 is 1.35 bits per heavy atom. The number of benzene rings is 1. The minimum atomic E-state index is 0.310. The molecule has 17 heavy (non-hydrogen) atoms. The SMILES string of the molecule is CC(c1ccccc1Cl)N(C)C1CCCC1N. The van der Waals surface area contributed by atoms with Crippen LogP contribution in [-0.4, -0.2) is 24.0 Å². The largest absolute Gasteiger partial charge is 0.326 e. The first kappa shape index (κ1) is 12.9. The van der Waals surface area contributed by atoms with Crippen LogP contribution in [0.2, 0.25) is 5.02 Å². The van der Waals surface area contributed by atoms with Crippen molar-refractivity contribution in [1.82, 2.24) is 4.90 Å². The smallest absolute Gasteiger partial charge is 0.0453 e. The Balaban J connectivity index is 2.14. The van der Waals surface area contributed by atoms with Crippen molar-refractivity contribution in [3.63, 3.8) is 0 Å². The summed E-state index contributed by atoms with van der Waals surface area (Å²) < 4.78 is 0. The lowest BCUT2D eigenvalue weighted by Gasteiger charge is -2.33. The number of nitrogens with zero attached hydrogens (tertiary/aromatic N) is 1. The van der Waals surface area contributed by atoms with Gasteiger partial charge in [-0.3, -0.25) is 4.90 Å². The van der Waals surface area contributed by atoms with Crippen molar-refractivity contribution >= 4 is 11.6 Å². The molecule has 1 aliphatic rings. The highest BCUT2D eigenvalue weighted by Gasteiger charge is 2.30. The van der Waals surface area contributed by atoms with Crippen LogP contribution in [0.1, 0.15) is 37.8 Å². The van der Waals surface area contributed by atoms with Gasteiger partial charge in [-0.25, -0.2) is 0 Å². The highest BCUT2D eigenvalue weighted by atomic mass is 35.5. The molecular weight excluding hydrogens is 232 g/mol. The van der Waals surface area contributed by atoms with Crippen molar-refractivity contribution in [1.29, 1.82) is 0 Å². The molecule has 0 spiro atoms. The van der Waals surface area contributed by atoms with Crippen molar-refractivity contribution in [3.05, 3.63) is 34.9 Å². The van der Waals surface area contributed by atoms with E-state index in [2.05, 4.69) is 24.9 Å². The summed E-state index contributed by atoms with van der Waals surface area (Å²) in [6.45, 7) is 2.20. The molecule has 0 heterocycles. The Morgan fingerprint density at radius 3 is 2.65 bits per heavy atom. The zero-order chi connectivity index (χ0) is 12.4. The highest BCUT2D eigenvalue weighted by molar-refractivity contribution is 6.31. The lowest BCUT2D eigenvalue weighted by molar-refractivity contribution is 0.174. The van der Waals surface area contributed by atoms with Gasteiger partial charge in [0.25, 0.3) is 0 Å². The molecule has 0 amide bonds. The van der Waals surface area contributed by atoms with Crippen molar-refractivity contribution in [2.24, 2.45) is 5.73 Å². The molecule has 3 atom stereocenters. The summed E-state index contributed by atoms with van der Waals surface area (Å²) in [5.41, 5.74) is 7.35. The standard InChI is InChI=1S/C14H21ClN2/c1-10(11-6-3-4-7-12(11)15)17(2)14-9-5-8-13(14)16/h3-4,6-7,10,13-14H,5,8-9,16H2,1-2H3. The van der Waals surface area contributed by atoms with Gasteiger partial charge >= 0.3 is 0 Å². The molecule has 1 saturated carbocycles. The van der Waals surface area contributed by atoms with E-state index in [9.17, 15) is 0 Å². The third-order valence-corrected chi connectivity index (χ3v) is 4.37. The lowest BCUT2D eigenvalue weighted by atomic mass is 10.0. The Bertz CT molecular complexity index is 380. The first-order chi connectivity index (χ1) is 8.11. The first-order valence-electron chi connectivity index (χ1n) is 6.33. The van der Waals surface area contributed by atoms with Gasteiger partial charge in [-0.15, -0.1) is 0 Å². The number of rotatable bonds is 3. The van der Waals surface area contributed by atoms with Crippen molar-refractivity contribution in [3.8, 4) is 0 Å². The molecule has 3 heteroatoms. The summed E-state index contributed by atoms with van der Waals surface area (Å²) in [5.74, 6) is 0. The molecule has 1 aliphatic carbocycles. The van der Waals surface area contributed by atoms with Crippen LogP contribution in [0.5, 0.6) is 0 Å². The van der Waals surface area contributed by atoms with E-state index in [0.29, 0.717) is 18.1 Å². The molecule has 3 unspecified atom stereocenters. The molecule has 0 saturated heterocycles. The number of hydrogen-bond donors (Lipinski definition) is 1. The Kier molecular flexibility index (Phi) is 4.08. The molecular formula is C14H21ClN2. The van der Waals surface area contributed by atoms with Gasteiger partial charge in [0.15, 0.2) is 0 Å². The zero-order valence-corrected chi connectivity index (χ0v) is 11.3. The number of hydrogen-bond acceptors (Lipinski definition) is 2. The maximum Gasteiger partial charge on any atom is 0.0453 e. The van der Waals surface area contributed by atoms with E-state index in [1.807, 2.05) is 18.2 Å².